The van der Waals surface area contributed by atoms with Crippen LogP contribution in [-0.2, 0) is 14.3 Å². The summed E-state index contributed by atoms with van der Waals surface area (Å²) in [6.45, 7) is 2.52. The van der Waals surface area contributed by atoms with E-state index in [-0.39, 0.29) is 18.9 Å². The van der Waals surface area contributed by atoms with Crippen LogP contribution in [0.1, 0.15) is 19.8 Å². The molecule has 1 fully saturated rings. The summed E-state index contributed by atoms with van der Waals surface area (Å²) >= 11 is 1.77. The molecule has 114 valence electrons. The molecular formula is C12H20N2O5S. The van der Waals surface area contributed by atoms with Gasteiger partial charge in [-0.1, -0.05) is 0 Å². The molecule has 8 heteroatoms. The Morgan fingerprint density at radius 2 is 2.20 bits per heavy atom. The Hall–Kier alpha value is -1.44. The molecule has 0 bridgehead atoms. The van der Waals surface area contributed by atoms with E-state index in [1.54, 1.807) is 16.7 Å². The van der Waals surface area contributed by atoms with E-state index in [1.807, 2.05) is 6.92 Å². The minimum absolute atomic E-state index is 0.0186. The Morgan fingerprint density at radius 1 is 1.50 bits per heavy atom. The number of thioether (sulfide) groups is 1. The van der Waals surface area contributed by atoms with Crippen LogP contribution in [0.25, 0.3) is 0 Å². The Bertz CT molecular complexity index is 377. The monoisotopic (exact) mass is 304 g/mol. The van der Waals surface area contributed by atoms with E-state index in [0.29, 0.717) is 6.54 Å². The summed E-state index contributed by atoms with van der Waals surface area (Å²) in [6.07, 6.45) is -0.0239. The molecule has 0 spiro atoms. The van der Waals surface area contributed by atoms with E-state index in [2.05, 4.69) is 10.1 Å². The molecule has 0 aromatic rings. The highest BCUT2D eigenvalue weighted by atomic mass is 32.2. The van der Waals surface area contributed by atoms with Crippen molar-refractivity contribution in [3.63, 3.8) is 0 Å². The molecule has 1 rings (SSSR count). The Morgan fingerprint density at radius 3 is 2.75 bits per heavy atom. The average Bonchev–Trinajstić information content (AvgIpc) is 2.42. The van der Waals surface area contributed by atoms with Crippen molar-refractivity contribution in [2.75, 3.05) is 25.2 Å². The third kappa shape index (κ3) is 4.92. The van der Waals surface area contributed by atoms with Gasteiger partial charge in [-0.2, -0.15) is 11.8 Å². The summed E-state index contributed by atoms with van der Waals surface area (Å²) in [5, 5.41) is 11.5. The van der Waals surface area contributed by atoms with Gasteiger partial charge in [0.15, 0.2) is 0 Å². The maximum absolute atomic E-state index is 12.1. The topological polar surface area (TPSA) is 95.9 Å². The van der Waals surface area contributed by atoms with E-state index in [0.717, 1.165) is 11.5 Å². The van der Waals surface area contributed by atoms with Gasteiger partial charge in [0.2, 0.25) is 0 Å². The fourth-order valence-electron chi connectivity index (χ4n) is 1.88. The predicted molar refractivity (Wildman–Crippen MR) is 74.7 cm³/mol. The maximum atomic E-state index is 12.1. The molecule has 0 aliphatic carbocycles. The lowest BCUT2D eigenvalue weighted by Gasteiger charge is -2.33. The number of aliphatic carboxylic acids is 1. The number of rotatable bonds is 5. The first-order valence-corrected chi connectivity index (χ1v) is 7.55. The second-order valence-corrected chi connectivity index (χ2v) is 5.72. The number of amides is 2. The molecular weight excluding hydrogens is 284 g/mol. The molecule has 20 heavy (non-hydrogen) atoms. The molecule has 2 atom stereocenters. The highest BCUT2D eigenvalue weighted by molar-refractivity contribution is 7.99. The van der Waals surface area contributed by atoms with Crippen molar-refractivity contribution in [3.8, 4) is 0 Å². The van der Waals surface area contributed by atoms with Gasteiger partial charge in [0.05, 0.1) is 7.11 Å². The van der Waals surface area contributed by atoms with Gasteiger partial charge in [-0.3, -0.25) is 4.79 Å². The van der Waals surface area contributed by atoms with Gasteiger partial charge in [0.25, 0.3) is 0 Å². The fraction of sp³-hybridized carbons (Fsp3) is 0.750. The molecule has 1 aliphatic heterocycles. The summed E-state index contributed by atoms with van der Waals surface area (Å²) in [4.78, 5) is 35.8. The zero-order valence-corrected chi connectivity index (χ0v) is 12.4. The summed E-state index contributed by atoms with van der Waals surface area (Å²) in [5.41, 5.74) is 0. The smallest absolute Gasteiger partial charge is 0.326 e. The highest BCUT2D eigenvalue weighted by Crippen LogP contribution is 2.16. The van der Waals surface area contributed by atoms with Gasteiger partial charge in [-0.05, 0) is 13.3 Å². The molecule has 0 radical (unpaired) electrons. The lowest BCUT2D eigenvalue weighted by atomic mass is 10.1. The van der Waals surface area contributed by atoms with E-state index in [4.69, 9.17) is 5.11 Å². The number of carboxylic acids is 1. The third-order valence-electron chi connectivity index (χ3n) is 3.09. The molecule has 0 aromatic carbocycles. The van der Waals surface area contributed by atoms with Gasteiger partial charge in [-0.15, -0.1) is 0 Å². The third-order valence-corrected chi connectivity index (χ3v) is 4.28. The van der Waals surface area contributed by atoms with Gasteiger partial charge < -0.3 is 20.1 Å². The molecule has 1 unspecified atom stereocenters. The number of nitrogens with zero attached hydrogens (tertiary/aromatic N) is 1. The molecule has 0 saturated carbocycles. The Balaban J connectivity index is 2.53. The quantitative estimate of drug-likeness (QED) is 0.720. The van der Waals surface area contributed by atoms with Crippen LogP contribution in [0.4, 0.5) is 4.79 Å². The van der Waals surface area contributed by atoms with Crippen molar-refractivity contribution in [2.45, 2.75) is 31.8 Å². The van der Waals surface area contributed by atoms with Crippen LogP contribution in [0, 0.1) is 0 Å². The number of methoxy groups -OCH3 is 1. The normalized spacial score (nSPS) is 20.1. The van der Waals surface area contributed by atoms with Crippen molar-refractivity contribution in [3.05, 3.63) is 0 Å². The van der Waals surface area contributed by atoms with Crippen LogP contribution in [0.5, 0.6) is 0 Å². The first-order valence-electron chi connectivity index (χ1n) is 6.40. The van der Waals surface area contributed by atoms with Crippen LogP contribution >= 0.6 is 11.8 Å². The summed E-state index contributed by atoms with van der Waals surface area (Å²) in [6, 6.07) is -1.40. The minimum atomic E-state index is -1.15. The van der Waals surface area contributed by atoms with Gasteiger partial charge in [0.1, 0.15) is 6.04 Å². The molecule has 7 nitrogen and oxygen atoms in total. The lowest BCUT2D eigenvalue weighted by molar-refractivity contribution is -0.142. The van der Waals surface area contributed by atoms with Gasteiger partial charge in [-0.25, -0.2) is 9.59 Å². The number of urea groups is 1. The van der Waals surface area contributed by atoms with Crippen molar-refractivity contribution < 1.29 is 24.2 Å². The van der Waals surface area contributed by atoms with E-state index in [1.165, 1.54) is 7.11 Å². The molecule has 1 aliphatic rings. The lowest BCUT2D eigenvalue weighted by Crippen LogP contribution is -2.53. The molecule has 1 saturated heterocycles. The number of hydrogen-bond acceptors (Lipinski definition) is 5. The zero-order valence-electron chi connectivity index (χ0n) is 11.6. The van der Waals surface area contributed by atoms with Gasteiger partial charge in [0, 0.05) is 30.5 Å². The number of carboxylic acid groups (broad SMARTS) is 1. The largest absolute Gasteiger partial charge is 0.480 e. The number of hydrogen-bond donors (Lipinski definition) is 2. The van der Waals surface area contributed by atoms with Crippen molar-refractivity contribution in [1.29, 1.82) is 0 Å². The van der Waals surface area contributed by atoms with Crippen LogP contribution in [0.3, 0.4) is 0 Å². The standard InChI is InChI=1S/C12H20N2O5S/c1-8-7-20-6-5-14(8)12(18)13-9(11(16)17)3-4-10(15)19-2/h8-9H,3-7H2,1-2H3,(H,13,18)(H,16,17)/t8?,9-/m1/s1. The SMILES string of the molecule is COC(=O)CC[C@@H](NC(=O)N1CCSCC1C)C(=O)O. The Kier molecular flexibility index (Phi) is 6.63. The van der Waals surface area contributed by atoms with E-state index >= 15 is 0 Å². The average molecular weight is 304 g/mol. The molecule has 2 N–H and O–H groups in total. The number of esters is 1. The molecule has 1 heterocycles. The first kappa shape index (κ1) is 16.6. The van der Waals surface area contributed by atoms with Crippen molar-refractivity contribution in [1.82, 2.24) is 10.2 Å². The number of carbonyl (C=O) groups excluding carboxylic acids is 2. The molecule has 2 amide bonds. The number of nitrogens with one attached hydrogen (secondary N) is 1. The first-order chi connectivity index (χ1) is 9.45. The summed E-state index contributed by atoms with van der Waals surface area (Å²) < 4.78 is 4.46. The number of ether oxygens (including phenoxy) is 1. The van der Waals surface area contributed by atoms with Crippen molar-refractivity contribution >= 4 is 29.7 Å². The predicted octanol–water partition coefficient (Wildman–Crippen LogP) is 0.540. The summed E-state index contributed by atoms with van der Waals surface area (Å²) in [7, 11) is 1.24. The second-order valence-electron chi connectivity index (χ2n) is 4.57. The fourth-order valence-corrected chi connectivity index (χ4v) is 2.90. The molecule has 0 aromatic heterocycles. The van der Waals surface area contributed by atoms with E-state index in [9.17, 15) is 14.4 Å². The highest BCUT2D eigenvalue weighted by Gasteiger charge is 2.28. The second kappa shape index (κ2) is 7.98. The van der Waals surface area contributed by atoms with Crippen LogP contribution in [-0.4, -0.2) is 65.2 Å². The van der Waals surface area contributed by atoms with Crippen LogP contribution in [0.15, 0.2) is 0 Å². The van der Waals surface area contributed by atoms with E-state index < -0.39 is 24.0 Å². The minimum Gasteiger partial charge on any atom is -0.480 e. The Labute approximate surface area is 122 Å². The maximum Gasteiger partial charge on any atom is 0.326 e. The van der Waals surface area contributed by atoms with Crippen LogP contribution in [0.2, 0.25) is 0 Å². The van der Waals surface area contributed by atoms with Crippen LogP contribution < -0.4 is 5.32 Å². The van der Waals surface area contributed by atoms with Gasteiger partial charge >= 0.3 is 18.0 Å². The number of carbonyl (C=O) groups is 3. The summed E-state index contributed by atoms with van der Waals surface area (Å²) in [5.74, 6) is 0.0415. The van der Waals surface area contributed by atoms with Crippen molar-refractivity contribution in [2.24, 2.45) is 0 Å². The zero-order chi connectivity index (χ0) is 15.1.